The van der Waals surface area contributed by atoms with Gasteiger partial charge in [0.1, 0.15) is 0 Å². The fourth-order valence-corrected chi connectivity index (χ4v) is 2.49. The van der Waals surface area contributed by atoms with Gasteiger partial charge in [0, 0.05) is 12.3 Å². The van der Waals surface area contributed by atoms with Crippen molar-refractivity contribution in [2.75, 3.05) is 0 Å². The van der Waals surface area contributed by atoms with Gasteiger partial charge in [0.2, 0.25) is 0 Å². The van der Waals surface area contributed by atoms with Crippen molar-refractivity contribution in [3.63, 3.8) is 0 Å². The lowest BCUT2D eigenvalue weighted by Crippen LogP contribution is -2.17. The Bertz CT molecular complexity index is 240. The molecule has 3 heteroatoms. The molecule has 100 valence electrons. The van der Waals surface area contributed by atoms with Crippen molar-refractivity contribution in [3.05, 3.63) is 12.2 Å². The zero-order chi connectivity index (χ0) is 12.8. The van der Waals surface area contributed by atoms with Gasteiger partial charge in [-0.25, -0.2) is 0 Å². The van der Waals surface area contributed by atoms with Gasteiger partial charge in [0.15, 0.2) is 0 Å². The van der Waals surface area contributed by atoms with Gasteiger partial charge in [-0.15, -0.1) is 0 Å². The molecule has 17 heavy (non-hydrogen) atoms. The molecule has 5 atom stereocenters. The fraction of sp³-hybridized carbons (Fsp3) is 0.857. The van der Waals surface area contributed by atoms with Gasteiger partial charge in [-0.1, -0.05) is 45.3 Å². The summed E-state index contributed by atoms with van der Waals surface area (Å²) in [5, 5.41) is 29.1. The second kappa shape index (κ2) is 7.14. The highest BCUT2D eigenvalue weighted by Gasteiger charge is 2.37. The quantitative estimate of drug-likeness (QED) is 0.492. The predicted octanol–water partition coefficient (Wildman–Crippen LogP) is 1.86. The van der Waals surface area contributed by atoms with Crippen molar-refractivity contribution in [3.8, 4) is 0 Å². The molecule has 0 saturated heterocycles. The van der Waals surface area contributed by atoms with Crippen LogP contribution in [0.15, 0.2) is 12.2 Å². The van der Waals surface area contributed by atoms with Gasteiger partial charge in [0.05, 0.1) is 18.3 Å². The molecule has 3 N–H and O–H groups in total. The molecular weight excluding hydrogens is 216 g/mol. The third-order valence-corrected chi connectivity index (χ3v) is 3.80. The van der Waals surface area contributed by atoms with Crippen LogP contribution >= 0.6 is 0 Å². The molecule has 0 aromatic heterocycles. The number of rotatable bonds is 6. The topological polar surface area (TPSA) is 60.7 Å². The van der Waals surface area contributed by atoms with E-state index in [0.717, 1.165) is 25.7 Å². The van der Waals surface area contributed by atoms with Gasteiger partial charge < -0.3 is 15.3 Å². The molecule has 0 aromatic carbocycles. The van der Waals surface area contributed by atoms with Crippen LogP contribution in [0.3, 0.4) is 0 Å². The van der Waals surface area contributed by atoms with Gasteiger partial charge in [0.25, 0.3) is 0 Å². The van der Waals surface area contributed by atoms with Crippen LogP contribution in [0, 0.1) is 11.8 Å². The number of aliphatic hydroxyl groups is 3. The highest BCUT2D eigenvalue weighted by molar-refractivity contribution is 5.03. The fourth-order valence-electron chi connectivity index (χ4n) is 2.49. The Kier molecular flexibility index (Phi) is 6.17. The Morgan fingerprint density at radius 2 is 1.94 bits per heavy atom. The summed E-state index contributed by atoms with van der Waals surface area (Å²) in [7, 11) is 0. The summed E-state index contributed by atoms with van der Waals surface area (Å²) in [5.41, 5.74) is 0. The zero-order valence-corrected chi connectivity index (χ0v) is 10.9. The first-order valence-electron chi connectivity index (χ1n) is 6.78. The summed E-state index contributed by atoms with van der Waals surface area (Å²) in [5.74, 6) is 0.0508. The lowest BCUT2D eigenvalue weighted by molar-refractivity contribution is 0.123. The summed E-state index contributed by atoms with van der Waals surface area (Å²) in [6.07, 6.45) is 6.90. The molecule has 1 rings (SSSR count). The maximum absolute atomic E-state index is 9.76. The lowest BCUT2D eigenvalue weighted by Gasteiger charge is -2.16. The Hall–Kier alpha value is -0.380. The van der Waals surface area contributed by atoms with Gasteiger partial charge in [-0.2, -0.15) is 0 Å². The van der Waals surface area contributed by atoms with E-state index in [-0.39, 0.29) is 11.8 Å². The number of hydrogen-bond donors (Lipinski definition) is 3. The first-order valence-corrected chi connectivity index (χ1v) is 6.78. The lowest BCUT2D eigenvalue weighted by atomic mass is 9.94. The molecule has 0 spiro atoms. The van der Waals surface area contributed by atoms with Crippen LogP contribution in [0.4, 0.5) is 0 Å². The minimum Gasteiger partial charge on any atom is -0.393 e. The molecule has 0 amide bonds. The van der Waals surface area contributed by atoms with E-state index in [9.17, 15) is 15.3 Å². The first kappa shape index (κ1) is 14.7. The average Bonchev–Trinajstić information content (AvgIpc) is 2.51. The molecule has 1 aliphatic rings. The maximum atomic E-state index is 9.76. The van der Waals surface area contributed by atoms with Crippen molar-refractivity contribution in [2.45, 2.75) is 64.3 Å². The molecule has 1 unspecified atom stereocenters. The van der Waals surface area contributed by atoms with Crippen LogP contribution in [0.2, 0.25) is 0 Å². The molecule has 0 bridgehead atoms. The smallest absolute Gasteiger partial charge is 0.0721 e. The van der Waals surface area contributed by atoms with E-state index in [1.807, 2.05) is 13.0 Å². The third kappa shape index (κ3) is 4.41. The molecule has 0 aliphatic heterocycles. The van der Waals surface area contributed by atoms with E-state index in [4.69, 9.17) is 0 Å². The standard InChI is InChI=1S/C14H26O3/c1-3-4-5-6-11(15)7-8-12-10(2)13(16)9-14(12)17/h7-8,10-17H,3-6,9H2,1-2H3/b8-7+/t10?,11-,12+,13-,14+/m0/s1. The van der Waals surface area contributed by atoms with Crippen LogP contribution in [0.1, 0.15) is 46.0 Å². The van der Waals surface area contributed by atoms with E-state index in [1.54, 1.807) is 6.08 Å². The molecule has 1 fully saturated rings. The van der Waals surface area contributed by atoms with E-state index < -0.39 is 18.3 Å². The SMILES string of the molecule is CCCCC[C@H](O)/C=C/[C@@H]1C(C)[C@@H](O)C[C@H]1O. The van der Waals surface area contributed by atoms with E-state index in [0.29, 0.717) is 6.42 Å². The maximum Gasteiger partial charge on any atom is 0.0721 e. The second-order valence-electron chi connectivity index (χ2n) is 5.25. The van der Waals surface area contributed by atoms with Gasteiger partial charge in [-0.05, 0) is 12.3 Å². The van der Waals surface area contributed by atoms with Crippen LogP contribution in [-0.4, -0.2) is 33.6 Å². The summed E-state index contributed by atoms with van der Waals surface area (Å²) >= 11 is 0. The monoisotopic (exact) mass is 242 g/mol. The van der Waals surface area contributed by atoms with Gasteiger partial charge >= 0.3 is 0 Å². The molecule has 0 radical (unpaired) electrons. The zero-order valence-electron chi connectivity index (χ0n) is 10.9. The van der Waals surface area contributed by atoms with E-state index in [1.165, 1.54) is 0 Å². The van der Waals surface area contributed by atoms with E-state index in [2.05, 4.69) is 6.92 Å². The van der Waals surface area contributed by atoms with Gasteiger partial charge in [-0.3, -0.25) is 0 Å². The Morgan fingerprint density at radius 3 is 2.47 bits per heavy atom. The largest absolute Gasteiger partial charge is 0.393 e. The summed E-state index contributed by atoms with van der Waals surface area (Å²) in [4.78, 5) is 0. The number of aliphatic hydroxyl groups excluding tert-OH is 3. The van der Waals surface area contributed by atoms with E-state index >= 15 is 0 Å². The second-order valence-corrected chi connectivity index (χ2v) is 5.25. The predicted molar refractivity (Wildman–Crippen MR) is 68.6 cm³/mol. The molecular formula is C14H26O3. The summed E-state index contributed by atoms with van der Waals surface area (Å²) in [6.45, 7) is 4.08. The molecule has 3 nitrogen and oxygen atoms in total. The Morgan fingerprint density at radius 1 is 1.24 bits per heavy atom. The van der Waals surface area contributed by atoms with Crippen molar-refractivity contribution in [2.24, 2.45) is 11.8 Å². The van der Waals surface area contributed by atoms with Crippen LogP contribution < -0.4 is 0 Å². The van der Waals surface area contributed by atoms with Crippen molar-refractivity contribution >= 4 is 0 Å². The summed E-state index contributed by atoms with van der Waals surface area (Å²) < 4.78 is 0. The minimum atomic E-state index is -0.473. The Labute approximate surface area is 104 Å². The molecule has 1 aliphatic carbocycles. The van der Waals surface area contributed by atoms with Crippen LogP contribution in [0.5, 0.6) is 0 Å². The van der Waals surface area contributed by atoms with Crippen LogP contribution in [0.25, 0.3) is 0 Å². The molecule has 1 saturated carbocycles. The van der Waals surface area contributed by atoms with Crippen LogP contribution in [-0.2, 0) is 0 Å². The molecule has 0 heterocycles. The van der Waals surface area contributed by atoms with Crippen molar-refractivity contribution < 1.29 is 15.3 Å². The van der Waals surface area contributed by atoms with Crippen molar-refractivity contribution in [1.29, 1.82) is 0 Å². The minimum absolute atomic E-state index is 0.0224. The number of hydrogen-bond acceptors (Lipinski definition) is 3. The Balaban J connectivity index is 2.36. The summed E-state index contributed by atoms with van der Waals surface area (Å²) in [6, 6.07) is 0. The third-order valence-electron chi connectivity index (χ3n) is 3.80. The normalized spacial score (nSPS) is 35.6. The highest BCUT2D eigenvalue weighted by atomic mass is 16.3. The number of unbranched alkanes of at least 4 members (excludes halogenated alkanes) is 2. The highest BCUT2D eigenvalue weighted by Crippen LogP contribution is 2.33. The molecule has 0 aromatic rings. The first-order chi connectivity index (χ1) is 8.06. The average molecular weight is 242 g/mol. The van der Waals surface area contributed by atoms with Crippen molar-refractivity contribution in [1.82, 2.24) is 0 Å².